The average Bonchev–Trinajstić information content (AvgIpc) is 3.26. The highest BCUT2D eigenvalue weighted by atomic mass is 32.2. The van der Waals surface area contributed by atoms with Gasteiger partial charge in [0, 0.05) is 22.3 Å². The van der Waals surface area contributed by atoms with Gasteiger partial charge >= 0.3 is 0 Å². The monoisotopic (exact) mass is 362 g/mol. The van der Waals surface area contributed by atoms with Gasteiger partial charge in [-0.3, -0.25) is 5.10 Å². The molecule has 0 radical (unpaired) electrons. The molecule has 130 valence electrons. The predicted octanol–water partition coefficient (Wildman–Crippen LogP) is 5.01. The van der Waals surface area contributed by atoms with E-state index in [-0.39, 0.29) is 0 Å². The Labute approximate surface area is 153 Å². The summed E-state index contributed by atoms with van der Waals surface area (Å²) >= 11 is 3.71. The minimum Gasteiger partial charge on any atom is -0.399 e. The molecule has 1 aromatic heterocycles. The minimum atomic E-state index is 0.736. The number of aromatic nitrogens is 3. The smallest absolute Gasteiger partial charge is 0.209 e. The third kappa shape index (κ3) is 6.24. The first-order valence-corrected chi connectivity index (χ1v) is 10.3. The lowest BCUT2D eigenvalue weighted by molar-refractivity contribution is 0.759. The van der Waals surface area contributed by atoms with Crippen LogP contribution >= 0.6 is 23.5 Å². The zero-order chi connectivity index (χ0) is 17.4. The lowest BCUT2D eigenvalue weighted by atomic mass is 10.2. The molecule has 3 N–H and O–H groups in total. The topological polar surface area (TPSA) is 67.6 Å². The van der Waals surface area contributed by atoms with Gasteiger partial charge in [-0.25, -0.2) is 4.98 Å². The van der Waals surface area contributed by atoms with Crippen LogP contribution in [0.15, 0.2) is 41.6 Å². The highest BCUT2D eigenvalue weighted by molar-refractivity contribution is 8.00. The van der Waals surface area contributed by atoms with E-state index in [9.17, 15) is 0 Å². The van der Waals surface area contributed by atoms with E-state index in [2.05, 4.69) is 40.4 Å². The molecule has 1 saturated heterocycles. The summed E-state index contributed by atoms with van der Waals surface area (Å²) < 4.78 is 0. The van der Waals surface area contributed by atoms with E-state index < -0.39 is 0 Å². The standard InChI is InChI=1S/C12H14N4S.C6H12S/c1-8(2)7-17-12-14-11(15-16-12)9-3-5-10(13)6-4-9;1-2-6-4-3-5-7-6/h3-6H,1,7,13H2,2H3,(H,14,15,16);6H,2-5H2,1H3. The van der Waals surface area contributed by atoms with Crippen molar-refractivity contribution in [3.63, 3.8) is 0 Å². The van der Waals surface area contributed by atoms with Crippen LogP contribution in [0.4, 0.5) is 5.69 Å². The highest BCUT2D eigenvalue weighted by Gasteiger charge is 2.11. The third-order valence-electron chi connectivity index (χ3n) is 3.58. The number of thioether (sulfide) groups is 2. The Kier molecular flexibility index (Phi) is 7.72. The van der Waals surface area contributed by atoms with E-state index in [0.717, 1.165) is 38.8 Å². The van der Waals surface area contributed by atoms with Crippen LogP contribution in [0.25, 0.3) is 11.4 Å². The van der Waals surface area contributed by atoms with Crippen molar-refractivity contribution in [2.75, 3.05) is 17.2 Å². The molecule has 1 atom stereocenters. The number of aromatic amines is 1. The van der Waals surface area contributed by atoms with Crippen LogP contribution in [-0.4, -0.2) is 31.9 Å². The van der Waals surface area contributed by atoms with Gasteiger partial charge in [-0.05, 0) is 56.2 Å². The summed E-state index contributed by atoms with van der Waals surface area (Å²) in [4.78, 5) is 4.40. The number of hydrogen-bond donors (Lipinski definition) is 2. The Bertz CT molecular complexity index is 631. The van der Waals surface area contributed by atoms with E-state index in [1.165, 1.54) is 25.0 Å². The molecule has 4 nitrogen and oxygen atoms in total. The predicted molar refractivity (Wildman–Crippen MR) is 108 cm³/mol. The van der Waals surface area contributed by atoms with Crippen molar-refractivity contribution in [1.29, 1.82) is 0 Å². The van der Waals surface area contributed by atoms with Gasteiger partial charge in [0.2, 0.25) is 5.16 Å². The molecule has 2 heterocycles. The Morgan fingerprint density at radius 1 is 1.42 bits per heavy atom. The highest BCUT2D eigenvalue weighted by Crippen LogP contribution is 2.27. The van der Waals surface area contributed by atoms with Gasteiger partial charge in [-0.1, -0.05) is 30.8 Å². The maximum absolute atomic E-state index is 5.63. The quantitative estimate of drug-likeness (QED) is 0.444. The number of H-pyrrole nitrogens is 1. The molecule has 24 heavy (non-hydrogen) atoms. The van der Waals surface area contributed by atoms with Gasteiger partial charge in [0.1, 0.15) is 0 Å². The molecule has 3 rings (SSSR count). The Morgan fingerprint density at radius 3 is 2.71 bits per heavy atom. The van der Waals surface area contributed by atoms with Crippen LogP contribution in [0, 0.1) is 0 Å². The SMILES string of the molecule is C=C(C)CSc1n[nH]c(-c2ccc(N)cc2)n1.CCC1CCCS1. The van der Waals surface area contributed by atoms with Crippen LogP contribution in [-0.2, 0) is 0 Å². The molecule has 0 bridgehead atoms. The zero-order valence-electron chi connectivity index (χ0n) is 14.4. The molecule has 0 spiro atoms. The lowest BCUT2D eigenvalue weighted by Crippen LogP contribution is -1.90. The van der Waals surface area contributed by atoms with Gasteiger partial charge in [-0.2, -0.15) is 11.8 Å². The maximum atomic E-state index is 5.63. The fourth-order valence-corrected chi connectivity index (χ4v) is 4.11. The summed E-state index contributed by atoms with van der Waals surface area (Å²) in [7, 11) is 0. The molecule has 0 saturated carbocycles. The molecule has 1 aliphatic heterocycles. The normalized spacial score (nSPS) is 16.5. The second-order valence-corrected chi connectivity index (χ2v) is 8.23. The van der Waals surface area contributed by atoms with Gasteiger partial charge in [-0.15, -0.1) is 5.10 Å². The van der Waals surface area contributed by atoms with Crippen molar-refractivity contribution < 1.29 is 0 Å². The first-order chi connectivity index (χ1) is 11.6. The molecular weight excluding hydrogens is 336 g/mol. The first-order valence-electron chi connectivity index (χ1n) is 8.25. The van der Waals surface area contributed by atoms with Crippen molar-refractivity contribution in [3.8, 4) is 11.4 Å². The van der Waals surface area contributed by atoms with Crippen LogP contribution in [0.2, 0.25) is 0 Å². The number of rotatable bonds is 5. The summed E-state index contributed by atoms with van der Waals surface area (Å²) in [5, 5.41) is 8.80. The van der Waals surface area contributed by atoms with E-state index in [4.69, 9.17) is 5.73 Å². The summed E-state index contributed by atoms with van der Waals surface area (Å²) in [5.74, 6) is 3.01. The molecule has 0 amide bonds. The van der Waals surface area contributed by atoms with Crippen molar-refractivity contribution in [1.82, 2.24) is 15.2 Å². The second-order valence-electron chi connectivity index (χ2n) is 5.88. The number of benzene rings is 1. The van der Waals surface area contributed by atoms with E-state index in [1.54, 1.807) is 11.8 Å². The van der Waals surface area contributed by atoms with Crippen LogP contribution in [0.5, 0.6) is 0 Å². The van der Waals surface area contributed by atoms with E-state index >= 15 is 0 Å². The van der Waals surface area contributed by atoms with Gasteiger partial charge in [0.15, 0.2) is 5.82 Å². The molecular formula is C18H26N4S2. The van der Waals surface area contributed by atoms with E-state index in [0.29, 0.717) is 0 Å². The largest absolute Gasteiger partial charge is 0.399 e. The van der Waals surface area contributed by atoms with Crippen molar-refractivity contribution in [3.05, 3.63) is 36.4 Å². The van der Waals surface area contributed by atoms with Gasteiger partial charge in [0.05, 0.1) is 0 Å². The summed E-state index contributed by atoms with van der Waals surface area (Å²) in [6.07, 6.45) is 4.31. The number of nitrogens with two attached hydrogens (primary N) is 1. The maximum Gasteiger partial charge on any atom is 0.209 e. The third-order valence-corrected chi connectivity index (χ3v) is 6.22. The van der Waals surface area contributed by atoms with Crippen LogP contribution < -0.4 is 5.73 Å². The minimum absolute atomic E-state index is 0.736. The van der Waals surface area contributed by atoms with Crippen LogP contribution in [0.1, 0.15) is 33.1 Å². The molecule has 1 unspecified atom stereocenters. The number of nitrogens with one attached hydrogen (secondary N) is 1. The average molecular weight is 363 g/mol. The van der Waals surface area contributed by atoms with E-state index in [1.807, 2.05) is 31.2 Å². The van der Waals surface area contributed by atoms with Crippen LogP contribution in [0.3, 0.4) is 0 Å². The lowest BCUT2D eigenvalue weighted by Gasteiger charge is -1.99. The van der Waals surface area contributed by atoms with Crippen molar-refractivity contribution in [2.24, 2.45) is 0 Å². The second kappa shape index (κ2) is 9.79. The number of anilines is 1. The van der Waals surface area contributed by atoms with Gasteiger partial charge in [0.25, 0.3) is 0 Å². The fourth-order valence-electron chi connectivity index (χ4n) is 2.24. The van der Waals surface area contributed by atoms with Crippen molar-refractivity contribution >= 4 is 29.2 Å². The molecule has 0 aliphatic carbocycles. The molecule has 1 aliphatic rings. The summed E-state index contributed by atoms with van der Waals surface area (Å²) in [6, 6.07) is 7.53. The molecule has 1 aromatic carbocycles. The van der Waals surface area contributed by atoms with Gasteiger partial charge < -0.3 is 5.73 Å². The molecule has 1 fully saturated rings. The Morgan fingerprint density at radius 2 is 2.17 bits per heavy atom. The van der Waals surface area contributed by atoms with Crippen molar-refractivity contribution in [2.45, 2.75) is 43.5 Å². The number of hydrogen-bond acceptors (Lipinski definition) is 5. The molecule has 6 heteroatoms. The number of nitrogen functional groups attached to an aromatic ring is 1. The molecule has 2 aromatic rings. The Balaban J connectivity index is 0.000000249. The number of nitrogens with zero attached hydrogens (tertiary/aromatic N) is 2. The summed E-state index contributed by atoms with van der Waals surface area (Å²) in [5.41, 5.74) is 8.46. The Hall–Kier alpha value is -1.40. The first kappa shape index (κ1) is 18.9. The fraction of sp³-hybridized carbons (Fsp3) is 0.444. The summed E-state index contributed by atoms with van der Waals surface area (Å²) in [6.45, 7) is 8.11. The zero-order valence-corrected chi connectivity index (χ0v) is 16.1.